The molecule has 2 aromatic heterocycles. The summed E-state index contributed by atoms with van der Waals surface area (Å²) >= 11 is 1.47. The molecule has 1 amide bonds. The van der Waals surface area contributed by atoms with Crippen molar-refractivity contribution in [2.45, 2.75) is 11.9 Å². The van der Waals surface area contributed by atoms with Crippen LogP contribution in [0.15, 0.2) is 23.4 Å². The summed E-state index contributed by atoms with van der Waals surface area (Å²) in [5, 5.41) is 20.3. The molecule has 20 heavy (non-hydrogen) atoms. The number of H-pyrrole nitrogens is 1. The maximum atomic E-state index is 12.0. The molecule has 0 spiro atoms. The fourth-order valence-corrected chi connectivity index (χ4v) is 1.93. The Kier molecular flexibility index (Phi) is 3.99. The molecule has 104 valence electrons. The number of hydrogen-bond donors (Lipinski definition) is 2. The molecule has 8 nitrogen and oxygen atoms in total. The Labute approximate surface area is 118 Å². The average Bonchev–Trinajstić information content (AvgIpc) is 2.81. The molecule has 0 aromatic carbocycles. The molecule has 0 saturated heterocycles. The lowest BCUT2D eigenvalue weighted by Gasteiger charge is -2.03. The van der Waals surface area contributed by atoms with Crippen molar-refractivity contribution in [1.29, 1.82) is 0 Å². The number of carbonyl (C=O) groups is 1. The molecule has 0 radical (unpaired) electrons. The number of nitrogens with zero attached hydrogens (tertiary/aromatic N) is 3. The zero-order valence-corrected chi connectivity index (χ0v) is 11.5. The lowest BCUT2D eigenvalue weighted by molar-refractivity contribution is -0.385. The van der Waals surface area contributed by atoms with Crippen LogP contribution in [-0.4, -0.2) is 32.3 Å². The van der Waals surface area contributed by atoms with Crippen molar-refractivity contribution in [1.82, 2.24) is 15.2 Å². The van der Waals surface area contributed by atoms with E-state index in [1.807, 2.05) is 6.26 Å². The first-order chi connectivity index (χ1) is 9.52. The molecule has 0 fully saturated rings. The Morgan fingerprint density at radius 1 is 1.50 bits per heavy atom. The summed E-state index contributed by atoms with van der Waals surface area (Å²) in [6.45, 7) is 1.48. The zero-order valence-electron chi connectivity index (χ0n) is 10.7. The van der Waals surface area contributed by atoms with Gasteiger partial charge in [-0.05, 0) is 25.3 Å². The summed E-state index contributed by atoms with van der Waals surface area (Å²) in [6, 6.07) is 3.41. The van der Waals surface area contributed by atoms with Crippen LogP contribution in [0.1, 0.15) is 16.2 Å². The van der Waals surface area contributed by atoms with E-state index in [-0.39, 0.29) is 17.1 Å². The van der Waals surface area contributed by atoms with Crippen molar-refractivity contribution in [2.75, 3.05) is 11.6 Å². The SMILES string of the molecule is CSc1ccc(NC(=O)c2n[nH]c(C)c2[N+](=O)[O-])cn1. The average molecular weight is 293 g/mol. The first kappa shape index (κ1) is 14.0. The van der Waals surface area contributed by atoms with Crippen molar-refractivity contribution < 1.29 is 9.72 Å². The van der Waals surface area contributed by atoms with Gasteiger partial charge in [0.25, 0.3) is 5.91 Å². The van der Waals surface area contributed by atoms with Gasteiger partial charge in [0, 0.05) is 0 Å². The van der Waals surface area contributed by atoms with Crippen LogP contribution in [0.4, 0.5) is 11.4 Å². The molecule has 0 aliphatic carbocycles. The number of carbonyl (C=O) groups excluding carboxylic acids is 1. The van der Waals surface area contributed by atoms with Gasteiger partial charge in [0.05, 0.1) is 21.8 Å². The number of anilines is 1. The summed E-state index contributed by atoms with van der Waals surface area (Å²) in [4.78, 5) is 26.3. The number of nitrogens with one attached hydrogen (secondary N) is 2. The summed E-state index contributed by atoms with van der Waals surface area (Å²) < 4.78 is 0. The first-order valence-electron chi connectivity index (χ1n) is 5.53. The molecule has 2 N–H and O–H groups in total. The smallest absolute Gasteiger partial charge is 0.319 e. The highest BCUT2D eigenvalue weighted by atomic mass is 32.2. The van der Waals surface area contributed by atoms with Crippen LogP contribution >= 0.6 is 11.8 Å². The maximum Gasteiger partial charge on any atom is 0.322 e. The topological polar surface area (TPSA) is 114 Å². The van der Waals surface area contributed by atoms with Crippen LogP contribution in [0.5, 0.6) is 0 Å². The Morgan fingerprint density at radius 3 is 2.80 bits per heavy atom. The second-order valence-electron chi connectivity index (χ2n) is 3.85. The highest BCUT2D eigenvalue weighted by Crippen LogP contribution is 2.21. The molecule has 0 aliphatic heterocycles. The van der Waals surface area contributed by atoms with Gasteiger partial charge in [-0.3, -0.25) is 20.0 Å². The minimum Gasteiger partial charge on any atom is -0.319 e. The number of hydrogen-bond acceptors (Lipinski definition) is 6. The fourth-order valence-electron chi connectivity index (χ4n) is 1.57. The van der Waals surface area contributed by atoms with E-state index in [1.165, 1.54) is 24.9 Å². The predicted octanol–water partition coefficient (Wildman–Crippen LogP) is 2.00. The van der Waals surface area contributed by atoms with Crippen LogP contribution in [0.3, 0.4) is 0 Å². The Balaban J connectivity index is 2.21. The Morgan fingerprint density at radius 2 is 2.25 bits per heavy atom. The lowest BCUT2D eigenvalue weighted by Crippen LogP contribution is -2.14. The number of aromatic nitrogens is 3. The maximum absolute atomic E-state index is 12.0. The number of aryl methyl sites for hydroxylation is 1. The van der Waals surface area contributed by atoms with Gasteiger partial charge >= 0.3 is 5.69 Å². The predicted molar refractivity (Wildman–Crippen MR) is 74.0 cm³/mol. The lowest BCUT2D eigenvalue weighted by atomic mass is 10.3. The van der Waals surface area contributed by atoms with Gasteiger partial charge in [0.1, 0.15) is 5.69 Å². The Hall–Kier alpha value is -2.42. The first-order valence-corrected chi connectivity index (χ1v) is 6.76. The summed E-state index contributed by atoms with van der Waals surface area (Å²) in [5.74, 6) is -0.653. The quantitative estimate of drug-likeness (QED) is 0.506. The van der Waals surface area contributed by atoms with Crippen molar-refractivity contribution in [3.8, 4) is 0 Å². The number of rotatable bonds is 4. The van der Waals surface area contributed by atoms with Crippen molar-refractivity contribution >= 4 is 29.0 Å². The number of thioether (sulfide) groups is 1. The minimum atomic E-state index is -0.653. The van der Waals surface area contributed by atoms with Crippen molar-refractivity contribution in [3.05, 3.63) is 39.8 Å². The molecule has 9 heteroatoms. The second kappa shape index (κ2) is 5.70. The fraction of sp³-hybridized carbons (Fsp3) is 0.182. The normalized spacial score (nSPS) is 10.3. The van der Waals surface area contributed by atoms with Gasteiger partial charge in [0.15, 0.2) is 0 Å². The molecule has 2 heterocycles. The van der Waals surface area contributed by atoms with Gasteiger partial charge in [-0.25, -0.2) is 4.98 Å². The van der Waals surface area contributed by atoms with E-state index < -0.39 is 10.8 Å². The zero-order chi connectivity index (χ0) is 14.7. The summed E-state index contributed by atoms with van der Waals surface area (Å²) in [6.07, 6.45) is 3.37. The molecule has 0 saturated carbocycles. The third-order valence-corrected chi connectivity index (χ3v) is 3.18. The third-order valence-electron chi connectivity index (χ3n) is 2.52. The Bertz CT molecular complexity index is 653. The summed E-state index contributed by atoms with van der Waals surface area (Å²) in [5.41, 5.74) is 0.108. The molecule has 0 atom stereocenters. The van der Waals surface area contributed by atoms with Gasteiger partial charge in [-0.1, -0.05) is 0 Å². The van der Waals surface area contributed by atoms with Gasteiger partial charge in [-0.15, -0.1) is 11.8 Å². The number of amides is 1. The molecular weight excluding hydrogens is 282 g/mol. The molecule has 0 aliphatic rings. The van der Waals surface area contributed by atoms with Crippen LogP contribution in [-0.2, 0) is 0 Å². The standard InChI is InChI=1S/C11H11N5O3S/c1-6-10(16(18)19)9(15-14-6)11(17)13-7-3-4-8(20-2)12-5-7/h3-5H,1-2H3,(H,13,17)(H,14,15). The van der Waals surface area contributed by atoms with E-state index in [2.05, 4.69) is 20.5 Å². The van der Waals surface area contributed by atoms with Crippen LogP contribution < -0.4 is 5.32 Å². The second-order valence-corrected chi connectivity index (χ2v) is 4.67. The van der Waals surface area contributed by atoms with Gasteiger partial charge in [-0.2, -0.15) is 5.10 Å². The minimum absolute atomic E-state index is 0.232. The van der Waals surface area contributed by atoms with Crippen LogP contribution in [0, 0.1) is 17.0 Å². The highest BCUT2D eigenvalue weighted by Gasteiger charge is 2.27. The monoisotopic (exact) mass is 293 g/mol. The van der Waals surface area contributed by atoms with E-state index in [4.69, 9.17) is 0 Å². The number of aromatic amines is 1. The summed E-state index contributed by atoms with van der Waals surface area (Å²) in [7, 11) is 0. The third kappa shape index (κ3) is 2.77. The van der Waals surface area contributed by atoms with E-state index >= 15 is 0 Å². The van der Waals surface area contributed by atoms with Crippen molar-refractivity contribution in [3.63, 3.8) is 0 Å². The molecular formula is C11H11N5O3S. The van der Waals surface area contributed by atoms with E-state index in [0.29, 0.717) is 5.69 Å². The largest absolute Gasteiger partial charge is 0.322 e. The van der Waals surface area contributed by atoms with Crippen LogP contribution in [0.25, 0.3) is 0 Å². The van der Waals surface area contributed by atoms with Gasteiger partial charge in [0.2, 0.25) is 5.69 Å². The number of pyridine rings is 1. The highest BCUT2D eigenvalue weighted by molar-refractivity contribution is 7.98. The van der Waals surface area contributed by atoms with E-state index in [9.17, 15) is 14.9 Å². The molecule has 2 aromatic rings. The molecule has 0 bridgehead atoms. The van der Waals surface area contributed by atoms with E-state index in [1.54, 1.807) is 12.1 Å². The van der Waals surface area contributed by atoms with Crippen molar-refractivity contribution in [2.24, 2.45) is 0 Å². The van der Waals surface area contributed by atoms with Gasteiger partial charge < -0.3 is 5.32 Å². The van der Waals surface area contributed by atoms with E-state index in [0.717, 1.165) is 5.03 Å². The van der Waals surface area contributed by atoms with Crippen LogP contribution in [0.2, 0.25) is 0 Å². The molecule has 2 rings (SSSR count). The number of nitro groups is 1. The molecule has 0 unspecified atom stereocenters.